The molecule has 1 heterocycles. The molecule has 0 bridgehead atoms. The van der Waals surface area contributed by atoms with Crippen LogP contribution < -0.4 is 20.1 Å². The highest BCUT2D eigenvalue weighted by atomic mass is 16.5. The van der Waals surface area contributed by atoms with Crippen LogP contribution in [0.2, 0.25) is 0 Å². The number of amides is 3. The standard InChI is InChI=1S/C20H23N3O4/c1-26-17-8-5-9-18(13-17)27-14-19(24)21-15-6-4-7-16(12-15)22-20(25)23-10-2-3-11-23/h4-9,12-13H,2-3,10-11,14H2,1H3,(H,21,24)(H,22,25). The van der Waals surface area contributed by atoms with Crippen molar-refractivity contribution < 1.29 is 19.1 Å². The van der Waals surface area contributed by atoms with E-state index in [2.05, 4.69) is 10.6 Å². The molecule has 7 heteroatoms. The van der Waals surface area contributed by atoms with Gasteiger partial charge in [0.25, 0.3) is 5.91 Å². The number of methoxy groups -OCH3 is 1. The van der Waals surface area contributed by atoms with Crippen LogP contribution in [0.4, 0.5) is 16.2 Å². The summed E-state index contributed by atoms with van der Waals surface area (Å²) in [5.74, 6) is 0.923. The van der Waals surface area contributed by atoms with E-state index in [9.17, 15) is 9.59 Å². The number of nitrogens with zero attached hydrogens (tertiary/aromatic N) is 1. The first kappa shape index (κ1) is 18.6. The molecular formula is C20H23N3O4. The van der Waals surface area contributed by atoms with Crippen LogP contribution in [0.25, 0.3) is 0 Å². The van der Waals surface area contributed by atoms with Gasteiger partial charge in [-0.2, -0.15) is 0 Å². The minimum atomic E-state index is -0.291. The molecule has 2 N–H and O–H groups in total. The molecule has 2 aromatic carbocycles. The Kier molecular flexibility index (Phi) is 6.14. The van der Waals surface area contributed by atoms with Crippen molar-refractivity contribution in [3.8, 4) is 11.5 Å². The number of rotatable bonds is 6. The van der Waals surface area contributed by atoms with Gasteiger partial charge >= 0.3 is 6.03 Å². The summed E-state index contributed by atoms with van der Waals surface area (Å²) in [4.78, 5) is 26.1. The second-order valence-electron chi connectivity index (χ2n) is 6.22. The van der Waals surface area contributed by atoms with E-state index in [-0.39, 0.29) is 18.5 Å². The normalized spacial score (nSPS) is 13.1. The zero-order valence-electron chi connectivity index (χ0n) is 15.2. The van der Waals surface area contributed by atoms with Crippen molar-refractivity contribution in [1.82, 2.24) is 4.90 Å². The third kappa shape index (κ3) is 5.37. The number of nitrogens with one attached hydrogen (secondary N) is 2. The lowest BCUT2D eigenvalue weighted by atomic mass is 10.2. The fourth-order valence-electron chi connectivity index (χ4n) is 2.83. The first-order valence-electron chi connectivity index (χ1n) is 8.87. The first-order valence-corrected chi connectivity index (χ1v) is 8.87. The summed E-state index contributed by atoms with van der Waals surface area (Å²) in [7, 11) is 1.57. The molecule has 0 spiro atoms. The van der Waals surface area contributed by atoms with Gasteiger partial charge in [-0.3, -0.25) is 4.79 Å². The van der Waals surface area contributed by atoms with E-state index < -0.39 is 0 Å². The molecular weight excluding hydrogens is 346 g/mol. The number of hydrogen-bond donors (Lipinski definition) is 2. The molecule has 1 aliphatic heterocycles. The fourth-order valence-corrected chi connectivity index (χ4v) is 2.83. The zero-order valence-corrected chi connectivity index (χ0v) is 15.2. The van der Waals surface area contributed by atoms with Crippen LogP contribution in [-0.4, -0.2) is 43.6 Å². The summed E-state index contributed by atoms with van der Waals surface area (Å²) in [6.45, 7) is 1.44. The number of hydrogen-bond acceptors (Lipinski definition) is 4. The predicted molar refractivity (Wildman–Crippen MR) is 103 cm³/mol. The Hall–Kier alpha value is -3.22. The van der Waals surface area contributed by atoms with Crippen LogP contribution in [0.5, 0.6) is 11.5 Å². The summed E-state index contributed by atoms with van der Waals surface area (Å²) in [6.07, 6.45) is 2.08. The quantitative estimate of drug-likeness (QED) is 0.818. The Morgan fingerprint density at radius 3 is 2.37 bits per heavy atom. The smallest absolute Gasteiger partial charge is 0.321 e. The molecule has 1 fully saturated rings. The minimum absolute atomic E-state index is 0.114. The van der Waals surface area contributed by atoms with E-state index in [0.717, 1.165) is 25.9 Å². The summed E-state index contributed by atoms with van der Waals surface area (Å²) >= 11 is 0. The van der Waals surface area contributed by atoms with Crippen molar-refractivity contribution in [1.29, 1.82) is 0 Å². The molecule has 142 valence electrons. The Balaban J connectivity index is 1.52. The van der Waals surface area contributed by atoms with Gasteiger partial charge in [-0.25, -0.2) is 4.79 Å². The highest BCUT2D eigenvalue weighted by molar-refractivity contribution is 5.94. The van der Waals surface area contributed by atoms with Crippen LogP contribution >= 0.6 is 0 Å². The average Bonchev–Trinajstić information content (AvgIpc) is 3.22. The van der Waals surface area contributed by atoms with Gasteiger partial charge in [-0.1, -0.05) is 12.1 Å². The maximum atomic E-state index is 12.2. The monoisotopic (exact) mass is 369 g/mol. The van der Waals surface area contributed by atoms with E-state index in [1.807, 2.05) is 0 Å². The molecule has 7 nitrogen and oxygen atoms in total. The molecule has 0 atom stereocenters. The fraction of sp³-hybridized carbons (Fsp3) is 0.300. The highest BCUT2D eigenvalue weighted by Gasteiger charge is 2.17. The second kappa shape index (κ2) is 8.93. The van der Waals surface area contributed by atoms with Gasteiger partial charge in [-0.05, 0) is 43.2 Å². The largest absolute Gasteiger partial charge is 0.497 e. The Bertz CT molecular complexity index is 803. The molecule has 0 unspecified atom stereocenters. The third-order valence-corrected chi connectivity index (χ3v) is 4.20. The van der Waals surface area contributed by atoms with Crippen LogP contribution in [0.15, 0.2) is 48.5 Å². The predicted octanol–water partition coefficient (Wildman–Crippen LogP) is 3.34. The molecule has 0 aromatic heterocycles. The van der Waals surface area contributed by atoms with Crippen LogP contribution in [0.1, 0.15) is 12.8 Å². The van der Waals surface area contributed by atoms with E-state index in [4.69, 9.17) is 9.47 Å². The maximum Gasteiger partial charge on any atom is 0.321 e. The highest BCUT2D eigenvalue weighted by Crippen LogP contribution is 2.19. The minimum Gasteiger partial charge on any atom is -0.497 e. The van der Waals surface area contributed by atoms with Crippen molar-refractivity contribution in [2.75, 3.05) is 37.4 Å². The molecule has 0 aliphatic carbocycles. The van der Waals surface area contributed by atoms with Crippen molar-refractivity contribution in [3.05, 3.63) is 48.5 Å². The van der Waals surface area contributed by atoms with Gasteiger partial charge < -0.3 is 25.0 Å². The molecule has 1 saturated heterocycles. The zero-order chi connectivity index (χ0) is 19.1. The van der Waals surface area contributed by atoms with Gasteiger partial charge in [0.2, 0.25) is 0 Å². The summed E-state index contributed by atoms with van der Waals surface area (Å²) in [5, 5.41) is 5.62. The van der Waals surface area contributed by atoms with Gasteiger partial charge in [0, 0.05) is 30.5 Å². The number of anilines is 2. The van der Waals surface area contributed by atoms with E-state index in [1.54, 1.807) is 60.5 Å². The Morgan fingerprint density at radius 2 is 1.63 bits per heavy atom. The molecule has 2 aromatic rings. The number of carbonyl (C=O) groups excluding carboxylic acids is 2. The number of urea groups is 1. The number of likely N-dealkylation sites (tertiary alicyclic amines) is 1. The number of carbonyl (C=O) groups is 2. The topological polar surface area (TPSA) is 79.9 Å². The Labute approximate surface area is 158 Å². The SMILES string of the molecule is COc1cccc(OCC(=O)Nc2cccc(NC(=O)N3CCCC3)c2)c1. The van der Waals surface area contributed by atoms with Crippen molar-refractivity contribution >= 4 is 23.3 Å². The average molecular weight is 369 g/mol. The van der Waals surface area contributed by atoms with Crippen LogP contribution in [-0.2, 0) is 4.79 Å². The lowest BCUT2D eigenvalue weighted by Crippen LogP contribution is -2.32. The van der Waals surface area contributed by atoms with Crippen molar-refractivity contribution in [3.63, 3.8) is 0 Å². The summed E-state index contributed by atoms with van der Waals surface area (Å²) in [5.41, 5.74) is 1.23. The maximum absolute atomic E-state index is 12.2. The molecule has 1 aliphatic rings. The molecule has 0 radical (unpaired) electrons. The molecule has 3 amide bonds. The van der Waals surface area contributed by atoms with E-state index >= 15 is 0 Å². The number of benzene rings is 2. The van der Waals surface area contributed by atoms with Gasteiger partial charge in [0.1, 0.15) is 11.5 Å². The molecule has 3 rings (SSSR count). The van der Waals surface area contributed by atoms with E-state index in [0.29, 0.717) is 22.9 Å². The second-order valence-corrected chi connectivity index (χ2v) is 6.22. The van der Waals surface area contributed by atoms with Crippen molar-refractivity contribution in [2.24, 2.45) is 0 Å². The molecule has 0 saturated carbocycles. The summed E-state index contributed by atoms with van der Waals surface area (Å²) < 4.78 is 10.6. The van der Waals surface area contributed by atoms with Crippen molar-refractivity contribution in [2.45, 2.75) is 12.8 Å². The number of ether oxygens (including phenoxy) is 2. The third-order valence-electron chi connectivity index (χ3n) is 4.20. The van der Waals surface area contributed by atoms with Crippen LogP contribution in [0, 0.1) is 0 Å². The lowest BCUT2D eigenvalue weighted by molar-refractivity contribution is -0.118. The first-order chi connectivity index (χ1) is 13.1. The van der Waals surface area contributed by atoms with Crippen LogP contribution in [0.3, 0.4) is 0 Å². The van der Waals surface area contributed by atoms with Gasteiger partial charge in [0.05, 0.1) is 7.11 Å². The Morgan fingerprint density at radius 1 is 0.963 bits per heavy atom. The van der Waals surface area contributed by atoms with E-state index in [1.165, 1.54) is 0 Å². The lowest BCUT2D eigenvalue weighted by Gasteiger charge is -2.16. The van der Waals surface area contributed by atoms with Gasteiger partial charge in [0.15, 0.2) is 6.61 Å². The summed E-state index contributed by atoms with van der Waals surface area (Å²) in [6, 6.07) is 14.0. The molecule has 27 heavy (non-hydrogen) atoms. The van der Waals surface area contributed by atoms with Gasteiger partial charge in [-0.15, -0.1) is 0 Å².